The molecule has 1 aliphatic heterocycles. The van der Waals surface area contributed by atoms with E-state index in [1.54, 1.807) is 6.07 Å². The topological polar surface area (TPSA) is 35.7 Å². The third-order valence-electron chi connectivity index (χ3n) is 1.08. The number of hydrogen-bond donors (Lipinski definition) is 0. The largest absolute Gasteiger partial charge is 0.286 e. The maximum atomic E-state index is 4.43. The predicted molar refractivity (Wildman–Crippen MR) is 28.4 cm³/mol. The first-order valence-corrected chi connectivity index (χ1v) is 2.56. The number of rotatable bonds is 0. The Morgan fingerprint density at radius 3 is 3.56 bits per heavy atom. The van der Waals surface area contributed by atoms with Crippen LogP contribution in [0, 0.1) is 6.07 Å². The van der Waals surface area contributed by atoms with Crippen molar-refractivity contribution in [3.05, 3.63) is 35.0 Å². The molecular weight excluding hydrogens is 116 g/mol. The van der Waals surface area contributed by atoms with Crippen LogP contribution in [0.4, 0.5) is 0 Å². The van der Waals surface area contributed by atoms with Crippen molar-refractivity contribution in [3.8, 4) is 0 Å². The molecular formula is C6H3N2O+. The van der Waals surface area contributed by atoms with Crippen molar-refractivity contribution in [1.29, 1.82) is 0 Å². The molecule has 3 nitrogen and oxygen atoms in total. The fourth-order valence-corrected chi connectivity index (χ4v) is 0.671. The summed E-state index contributed by atoms with van der Waals surface area (Å²) in [5.74, 6) is 0. The highest BCUT2D eigenvalue weighted by atomic mass is 16.8. The molecule has 1 aliphatic rings. The number of benzene rings is 1. The van der Waals surface area contributed by atoms with Crippen molar-refractivity contribution in [2.75, 3.05) is 0 Å². The summed E-state index contributed by atoms with van der Waals surface area (Å²) in [5, 5.41) is 8.60. The second-order valence-electron chi connectivity index (χ2n) is 1.67. The molecule has 0 fully saturated rings. The Morgan fingerprint density at radius 2 is 2.67 bits per heavy atom. The molecule has 0 amide bonds. The standard InChI is InChI=1S/C6H3N2O/c1-2-4-6-5(3-1)7-9-8-6/h1-3H/q+1. The Bertz CT molecular complexity index is 298. The summed E-state index contributed by atoms with van der Waals surface area (Å²) in [6.07, 6.45) is 0. The smallest absolute Gasteiger partial charge is 0.0568 e. The fourth-order valence-electron chi connectivity index (χ4n) is 0.671. The van der Waals surface area contributed by atoms with Crippen LogP contribution in [0.15, 0.2) is 23.4 Å². The van der Waals surface area contributed by atoms with Crippen LogP contribution in [0.25, 0.3) is 0 Å². The molecule has 42 valence electrons. The van der Waals surface area contributed by atoms with Gasteiger partial charge in [0.15, 0.2) is 10.3 Å². The van der Waals surface area contributed by atoms with Crippen molar-refractivity contribution in [2.24, 2.45) is 5.16 Å². The van der Waals surface area contributed by atoms with Gasteiger partial charge >= 0.3 is 0 Å². The molecule has 0 bridgehead atoms. The summed E-state index contributed by atoms with van der Waals surface area (Å²) in [4.78, 5) is 4.43. The van der Waals surface area contributed by atoms with Crippen LogP contribution in [0.3, 0.4) is 0 Å². The van der Waals surface area contributed by atoms with Crippen LogP contribution in [0.1, 0.15) is 0 Å². The minimum atomic E-state index is 0.678. The first-order chi connectivity index (χ1) is 4.47. The van der Waals surface area contributed by atoms with Crippen molar-refractivity contribution < 1.29 is 4.94 Å². The van der Waals surface area contributed by atoms with E-state index in [1.165, 1.54) is 0 Å². The zero-order chi connectivity index (χ0) is 6.10. The molecule has 0 spiro atoms. The molecule has 0 N–H and O–H groups in total. The highest BCUT2D eigenvalue weighted by molar-refractivity contribution is 4.98. The van der Waals surface area contributed by atoms with Crippen LogP contribution in [-0.2, 0) is 4.94 Å². The van der Waals surface area contributed by atoms with Crippen molar-refractivity contribution in [3.63, 3.8) is 0 Å². The quantitative estimate of drug-likeness (QED) is 0.428. The van der Waals surface area contributed by atoms with Gasteiger partial charge in [-0.15, -0.1) is 0 Å². The Morgan fingerprint density at radius 1 is 1.67 bits per heavy atom. The molecule has 0 atom stereocenters. The van der Waals surface area contributed by atoms with Gasteiger partial charge in [-0.25, -0.2) is 0 Å². The lowest BCUT2D eigenvalue weighted by Gasteiger charge is -1.64. The van der Waals surface area contributed by atoms with Crippen molar-refractivity contribution in [1.82, 2.24) is 5.16 Å². The summed E-state index contributed by atoms with van der Waals surface area (Å²) in [6, 6.07) is 8.30. The molecule has 0 saturated heterocycles. The number of fused-ring (bicyclic) bond motifs is 1. The van der Waals surface area contributed by atoms with Gasteiger partial charge in [0.1, 0.15) is 0 Å². The first kappa shape index (κ1) is 4.49. The maximum Gasteiger partial charge on any atom is 0.286 e. The summed E-state index contributed by atoms with van der Waals surface area (Å²) in [7, 11) is 0. The van der Waals surface area contributed by atoms with Crippen molar-refractivity contribution in [2.45, 2.75) is 0 Å². The van der Waals surface area contributed by atoms with Gasteiger partial charge in [0.25, 0.3) is 10.7 Å². The van der Waals surface area contributed by atoms with Gasteiger partial charge in [0, 0.05) is 6.07 Å². The fraction of sp³-hybridized carbons (Fsp3) is 0. The molecule has 3 heteroatoms. The van der Waals surface area contributed by atoms with Gasteiger partial charge < -0.3 is 0 Å². The van der Waals surface area contributed by atoms with E-state index in [0.29, 0.717) is 5.36 Å². The van der Waals surface area contributed by atoms with E-state index in [-0.39, 0.29) is 0 Å². The highest BCUT2D eigenvalue weighted by Gasteiger charge is 2.07. The highest BCUT2D eigenvalue weighted by Crippen LogP contribution is 1.72. The zero-order valence-electron chi connectivity index (χ0n) is 4.53. The van der Waals surface area contributed by atoms with E-state index >= 15 is 0 Å². The molecule has 1 heterocycles. The van der Waals surface area contributed by atoms with Crippen LogP contribution >= 0.6 is 0 Å². The molecule has 0 aliphatic carbocycles. The summed E-state index contributed by atoms with van der Waals surface area (Å²) < 4.78 is 0. The Hall–Kier alpha value is -1.38. The lowest BCUT2D eigenvalue weighted by atomic mass is 10.3. The Labute approximate surface area is 51.2 Å². The van der Waals surface area contributed by atoms with E-state index < -0.39 is 0 Å². The van der Waals surface area contributed by atoms with E-state index in [1.807, 2.05) is 12.1 Å². The van der Waals surface area contributed by atoms with Crippen LogP contribution in [-0.4, -0.2) is 0 Å². The lowest BCUT2D eigenvalue weighted by Crippen LogP contribution is -2.23. The Balaban J connectivity index is 2.97. The normalized spacial score (nSPS) is 12.9. The van der Waals surface area contributed by atoms with Gasteiger partial charge in [-0.2, -0.15) is 0 Å². The average Bonchev–Trinajstić information content (AvgIpc) is 2.33. The van der Waals surface area contributed by atoms with Crippen molar-refractivity contribution >= 4 is 0 Å². The molecule has 0 aromatic heterocycles. The molecule has 1 aromatic rings. The SMILES string of the molecule is [c]1cccc2c1=NO[N+]=2. The van der Waals surface area contributed by atoms with Gasteiger partial charge in [0.05, 0.1) is 0 Å². The van der Waals surface area contributed by atoms with E-state index in [0.717, 1.165) is 5.36 Å². The summed E-state index contributed by atoms with van der Waals surface area (Å²) >= 11 is 0. The number of hydrogen-bond acceptors (Lipinski definition) is 3. The zero-order valence-corrected chi connectivity index (χ0v) is 4.53. The molecule has 2 radical (unpaired) electrons. The van der Waals surface area contributed by atoms with Crippen LogP contribution < -0.4 is 15.9 Å². The second kappa shape index (κ2) is 1.55. The monoisotopic (exact) mass is 119 g/mol. The molecule has 9 heavy (non-hydrogen) atoms. The maximum absolute atomic E-state index is 4.43. The second-order valence-corrected chi connectivity index (χ2v) is 1.67. The van der Waals surface area contributed by atoms with Crippen LogP contribution in [0.2, 0.25) is 0 Å². The molecule has 2 rings (SSSR count). The molecule has 0 unspecified atom stereocenters. The third kappa shape index (κ3) is 0.579. The third-order valence-corrected chi connectivity index (χ3v) is 1.08. The van der Waals surface area contributed by atoms with E-state index in [4.69, 9.17) is 0 Å². The molecule has 1 aromatic carbocycles. The van der Waals surface area contributed by atoms with Gasteiger partial charge in [-0.05, 0) is 17.1 Å². The summed E-state index contributed by atoms with van der Waals surface area (Å²) in [6.45, 7) is 0. The average molecular weight is 119 g/mol. The van der Waals surface area contributed by atoms with E-state index in [2.05, 4.69) is 21.3 Å². The molecule has 0 saturated carbocycles. The lowest BCUT2D eigenvalue weighted by molar-refractivity contribution is 0.101. The van der Waals surface area contributed by atoms with Gasteiger partial charge in [-0.3, -0.25) is 0 Å². The van der Waals surface area contributed by atoms with Gasteiger partial charge in [-0.1, -0.05) is 6.07 Å². The minimum Gasteiger partial charge on any atom is -0.0568 e. The Kier molecular flexibility index (Phi) is 0.773. The summed E-state index contributed by atoms with van der Waals surface area (Å²) in [5.41, 5.74) is 0. The van der Waals surface area contributed by atoms with Gasteiger partial charge in [0.2, 0.25) is 0 Å². The van der Waals surface area contributed by atoms with Crippen LogP contribution in [0.5, 0.6) is 0 Å². The first-order valence-electron chi connectivity index (χ1n) is 2.56. The predicted octanol–water partition coefficient (Wildman–Crippen LogP) is -1.08. The van der Waals surface area contributed by atoms with E-state index in [9.17, 15) is 0 Å². The number of nitrogens with zero attached hydrogens (tertiary/aromatic N) is 2. The minimum absolute atomic E-state index is 0.678.